The molecule has 3 amide bonds. The number of carbonyl (C=O) groups excluding carboxylic acids is 3. The van der Waals surface area contributed by atoms with Gasteiger partial charge in [0.15, 0.2) is 0 Å². The Hall–Kier alpha value is -3.35. The van der Waals surface area contributed by atoms with Crippen molar-refractivity contribution in [2.75, 3.05) is 18.9 Å². The van der Waals surface area contributed by atoms with E-state index in [1.165, 1.54) is 6.92 Å². The minimum Gasteiger partial charge on any atom is -0.485 e. The van der Waals surface area contributed by atoms with Gasteiger partial charge in [-0.2, -0.15) is 0 Å². The molecule has 0 aromatic heterocycles. The second-order valence-corrected chi connectivity index (χ2v) is 9.17. The molecule has 0 saturated heterocycles. The number of anilines is 1. The summed E-state index contributed by atoms with van der Waals surface area (Å²) >= 11 is 0. The van der Waals surface area contributed by atoms with Gasteiger partial charge in [-0.1, -0.05) is 18.2 Å². The molecule has 1 fully saturated rings. The third-order valence-corrected chi connectivity index (χ3v) is 6.79. The first-order chi connectivity index (χ1) is 15.8. The molecule has 7 heteroatoms. The highest BCUT2D eigenvalue weighted by Gasteiger charge is 2.43. The summed E-state index contributed by atoms with van der Waals surface area (Å²) in [6.07, 6.45) is 3.22. The zero-order chi connectivity index (χ0) is 23.6. The maximum Gasteiger partial charge on any atom is 0.254 e. The van der Waals surface area contributed by atoms with Crippen molar-refractivity contribution in [1.82, 2.24) is 9.80 Å². The number of nitrogens with one attached hydrogen (secondary N) is 1. The maximum absolute atomic E-state index is 13.5. The number of hydrogen-bond donors (Lipinski definition) is 1. The average Bonchev–Trinajstić information content (AvgIpc) is 2.95. The Bertz CT molecular complexity index is 1040. The fourth-order valence-electron chi connectivity index (χ4n) is 4.87. The first kappa shape index (κ1) is 22.8. The molecular formula is C26H31N3O4. The van der Waals surface area contributed by atoms with Crippen LogP contribution in [0.1, 0.15) is 55.5 Å². The Morgan fingerprint density at radius 3 is 2.33 bits per heavy atom. The molecule has 1 heterocycles. The number of benzene rings is 2. The van der Waals surface area contributed by atoms with Gasteiger partial charge in [0, 0.05) is 50.3 Å². The van der Waals surface area contributed by atoms with Crippen molar-refractivity contribution in [3.63, 3.8) is 0 Å². The van der Waals surface area contributed by atoms with E-state index in [-0.39, 0.29) is 23.8 Å². The van der Waals surface area contributed by atoms with E-state index in [1.54, 1.807) is 31.2 Å². The second-order valence-electron chi connectivity index (χ2n) is 9.17. The first-order valence-corrected chi connectivity index (χ1v) is 11.4. The van der Waals surface area contributed by atoms with Crippen molar-refractivity contribution >= 4 is 23.4 Å². The highest BCUT2D eigenvalue weighted by atomic mass is 16.5. The molecule has 0 radical (unpaired) electrons. The number of ether oxygens (including phenoxy) is 1. The molecule has 1 spiro atoms. The van der Waals surface area contributed by atoms with Crippen LogP contribution in [0.4, 0.5) is 5.69 Å². The van der Waals surface area contributed by atoms with Crippen LogP contribution in [0.15, 0.2) is 48.5 Å². The quantitative estimate of drug-likeness (QED) is 0.772. The van der Waals surface area contributed by atoms with E-state index in [1.807, 2.05) is 41.1 Å². The molecule has 7 nitrogen and oxygen atoms in total. The van der Waals surface area contributed by atoms with E-state index in [9.17, 15) is 14.4 Å². The van der Waals surface area contributed by atoms with E-state index < -0.39 is 5.60 Å². The van der Waals surface area contributed by atoms with Crippen LogP contribution < -0.4 is 10.1 Å². The van der Waals surface area contributed by atoms with E-state index in [0.29, 0.717) is 24.3 Å². The SMILES string of the molecule is CC(=O)Nc1ccc(C(=O)N2Cc3ccccc3OC3(CCC(N(C)C(C)=O)CC3)C2)cc1. The summed E-state index contributed by atoms with van der Waals surface area (Å²) in [5.74, 6) is 0.685. The van der Waals surface area contributed by atoms with Crippen molar-refractivity contribution in [2.45, 2.75) is 57.7 Å². The third-order valence-electron chi connectivity index (χ3n) is 6.79. The molecule has 1 N–H and O–H groups in total. The van der Waals surface area contributed by atoms with Gasteiger partial charge in [-0.05, 0) is 56.0 Å². The zero-order valence-corrected chi connectivity index (χ0v) is 19.5. The normalized spacial score (nSPS) is 22.0. The van der Waals surface area contributed by atoms with E-state index >= 15 is 0 Å². The summed E-state index contributed by atoms with van der Waals surface area (Å²) < 4.78 is 6.61. The standard InChI is InChI=1S/C26H31N3O4/c1-18(30)27-22-10-8-20(9-11-22)25(32)29-16-21-6-4-5-7-24(21)33-26(17-29)14-12-23(13-15-26)28(3)19(2)31/h4-11,23H,12-17H2,1-3H3,(H,27,30). The first-order valence-electron chi connectivity index (χ1n) is 11.4. The lowest BCUT2D eigenvalue weighted by molar-refractivity contribution is -0.131. The molecule has 2 aliphatic rings. The van der Waals surface area contributed by atoms with Gasteiger partial charge in [-0.3, -0.25) is 14.4 Å². The second kappa shape index (κ2) is 9.25. The Labute approximate surface area is 194 Å². The summed E-state index contributed by atoms with van der Waals surface area (Å²) in [4.78, 5) is 40.3. The number of para-hydroxylation sites is 1. The maximum atomic E-state index is 13.5. The molecule has 0 atom stereocenters. The van der Waals surface area contributed by atoms with Crippen LogP contribution in [-0.4, -0.2) is 52.8 Å². The Morgan fingerprint density at radius 2 is 1.70 bits per heavy atom. The summed E-state index contributed by atoms with van der Waals surface area (Å²) in [6.45, 7) is 4.02. The predicted octanol–water partition coefficient (Wildman–Crippen LogP) is 3.84. The number of fused-ring (bicyclic) bond motifs is 1. The highest BCUT2D eigenvalue weighted by Crippen LogP contribution is 2.39. The number of nitrogens with zero attached hydrogens (tertiary/aromatic N) is 2. The van der Waals surface area contributed by atoms with Crippen LogP contribution in [0.25, 0.3) is 0 Å². The Morgan fingerprint density at radius 1 is 1.03 bits per heavy atom. The van der Waals surface area contributed by atoms with Gasteiger partial charge in [-0.15, -0.1) is 0 Å². The van der Waals surface area contributed by atoms with Gasteiger partial charge in [0.1, 0.15) is 11.4 Å². The van der Waals surface area contributed by atoms with Crippen molar-refractivity contribution in [3.8, 4) is 5.75 Å². The molecule has 174 valence electrons. The van der Waals surface area contributed by atoms with Gasteiger partial charge < -0.3 is 19.9 Å². The lowest BCUT2D eigenvalue weighted by Crippen LogP contribution is -2.52. The molecule has 1 aliphatic carbocycles. The van der Waals surface area contributed by atoms with Crippen molar-refractivity contribution < 1.29 is 19.1 Å². The number of hydrogen-bond acceptors (Lipinski definition) is 4. The van der Waals surface area contributed by atoms with Crippen LogP contribution in [0.3, 0.4) is 0 Å². The Balaban J connectivity index is 1.58. The van der Waals surface area contributed by atoms with Gasteiger partial charge in [0.25, 0.3) is 5.91 Å². The number of amides is 3. The smallest absolute Gasteiger partial charge is 0.254 e. The van der Waals surface area contributed by atoms with Gasteiger partial charge >= 0.3 is 0 Å². The molecule has 2 aromatic rings. The van der Waals surface area contributed by atoms with Gasteiger partial charge in [0.05, 0.1) is 6.54 Å². The van der Waals surface area contributed by atoms with E-state index in [4.69, 9.17) is 4.74 Å². The molecule has 1 aliphatic heterocycles. The van der Waals surface area contributed by atoms with Gasteiger partial charge in [0.2, 0.25) is 11.8 Å². The molecule has 2 aromatic carbocycles. The molecule has 1 saturated carbocycles. The summed E-state index contributed by atoms with van der Waals surface area (Å²) in [5, 5.41) is 2.73. The van der Waals surface area contributed by atoms with Crippen molar-refractivity contribution in [1.29, 1.82) is 0 Å². The minimum absolute atomic E-state index is 0.0629. The minimum atomic E-state index is -0.480. The van der Waals surface area contributed by atoms with Crippen LogP contribution in [-0.2, 0) is 16.1 Å². The van der Waals surface area contributed by atoms with E-state index in [2.05, 4.69) is 5.32 Å². The molecule has 0 bridgehead atoms. The lowest BCUT2D eigenvalue weighted by atomic mass is 9.81. The zero-order valence-electron chi connectivity index (χ0n) is 19.5. The monoisotopic (exact) mass is 449 g/mol. The van der Waals surface area contributed by atoms with Crippen LogP contribution in [0.5, 0.6) is 5.75 Å². The summed E-state index contributed by atoms with van der Waals surface area (Å²) in [6, 6.07) is 15.1. The van der Waals surface area contributed by atoms with Gasteiger partial charge in [-0.25, -0.2) is 0 Å². The molecular weight excluding hydrogens is 418 g/mol. The molecule has 0 unspecified atom stereocenters. The van der Waals surface area contributed by atoms with Crippen LogP contribution in [0.2, 0.25) is 0 Å². The number of rotatable bonds is 3. The summed E-state index contributed by atoms with van der Waals surface area (Å²) in [7, 11) is 1.86. The topological polar surface area (TPSA) is 79.0 Å². The predicted molar refractivity (Wildman–Crippen MR) is 126 cm³/mol. The lowest BCUT2D eigenvalue weighted by Gasteiger charge is -2.43. The van der Waals surface area contributed by atoms with Crippen molar-refractivity contribution in [3.05, 3.63) is 59.7 Å². The number of carbonyl (C=O) groups is 3. The molecule has 4 rings (SSSR count). The fraction of sp³-hybridized carbons (Fsp3) is 0.423. The van der Waals surface area contributed by atoms with Crippen molar-refractivity contribution in [2.24, 2.45) is 0 Å². The van der Waals surface area contributed by atoms with Crippen LogP contribution >= 0.6 is 0 Å². The van der Waals surface area contributed by atoms with E-state index in [0.717, 1.165) is 37.0 Å². The van der Waals surface area contributed by atoms with Crippen LogP contribution in [0, 0.1) is 0 Å². The Kier molecular flexibility index (Phi) is 6.40. The average molecular weight is 450 g/mol. The fourth-order valence-corrected chi connectivity index (χ4v) is 4.87. The molecule has 33 heavy (non-hydrogen) atoms. The summed E-state index contributed by atoms with van der Waals surface area (Å²) in [5.41, 5.74) is 1.74. The largest absolute Gasteiger partial charge is 0.485 e. The highest BCUT2D eigenvalue weighted by molar-refractivity contribution is 5.95. The third kappa shape index (κ3) is 5.02.